The van der Waals surface area contributed by atoms with Crippen molar-refractivity contribution in [1.29, 1.82) is 0 Å². The molecular weight excluding hydrogens is 484 g/mol. The lowest BCUT2D eigenvalue weighted by molar-refractivity contribution is -0.143. The third kappa shape index (κ3) is 11.9. The molecule has 5 atom stereocenters. The van der Waals surface area contributed by atoms with Gasteiger partial charge in [0.15, 0.2) is 0 Å². The number of amides is 3. The van der Waals surface area contributed by atoms with Crippen molar-refractivity contribution in [3.05, 3.63) is 0 Å². The maximum absolute atomic E-state index is 13.0. The fourth-order valence-electron chi connectivity index (χ4n) is 4.35. The normalized spacial score (nSPS) is 18.2. The van der Waals surface area contributed by atoms with Crippen molar-refractivity contribution in [2.45, 2.75) is 109 Å². The highest BCUT2D eigenvalue weighted by Gasteiger charge is 2.32. The Morgan fingerprint density at radius 3 is 1.92 bits per heavy atom. The van der Waals surface area contributed by atoms with E-state index in [0.29, 0.717) is 12.5 Å². The van der Waals surface area contributed by atoms with Crippen LogP contribution in [0.25, 0.3) is 0 Å². The van der Waals surface area contributed by atoms with Crippen LogP contribution < -0.4 is 21.3 Å². The predicted octanol–water partition coefficient (Wildman–Crippen LogP) is 0.376. The van der Waals surface area contributed by atoms with Crippen molar-refractivity contribution in [3.63, 3.8) is 0 Å². The van der Waals surface area contributed by atoms with Gasteiger partial charge in [-0.05, 0) is 45.1 Å². The summed E-state index contributed by atoms with van der Waals surface area (Å²) in [5.74, 6) is -4.28. The van der Waals surface area contributed by atoms with Crippen LogP contribution in [0, 0.1) is 11.8 Å². The maximum Gasteiger partial charge on any atom is 0.326 e. The van der Waals surface area contributed by atoms with Crippen LogP contribution in [0.4, 0.5) is 0 Å². The van der Waals surface area contributed by atoms with E-state index in [2.05, 4.69) is 21.3 Å². The molecule has 7 N–H and O–H groups in total. The smallest absolute Gasteiger partial charge is 0.326 e. The van der Waals surface area contributed by atoms with Crippen LogP contribution in [0.1, 0.15) is 79.1 Å². The number of aliphatic carboxylic acids is 2. The molecule has 12 heteroatoms. The van der Waals surface area contributed by atoms with Gasteiger partial charge in [0.05, 0.1) is 12.1 Å². The molecule has 1 saturated carbocycles. The average Bonchev–Trinajstić information content (AvgIpc) is 2.82. The van der Waals surface area contributed by atoms with Gasteiger partial charge < -0.3 is 36.6 Å². The number of rotatable bonds is 16. The summed E-state index contributed by atoms with van der Waals surface area (Å²) in [4.78, 5) is 60.6. The van der Waals surface area contributed by atoms with E-state index < -0.39 is 59.9 Å². The highest BCUT2D eigenvalue weighted by Crippen LogP contribution is 2.25. The lowest BCUT2D eigenvalue weighted by atomic mass is 9.87. The van der Waals surface area contributed by atoms with Gasteiger partial charge in [-0.25, -0.2) is 4.79 Å². The van der Waals surface area contributed by atoms with Crippen LogP contribution in [-0.2, 0) is 24.0 Å². The molecule has 37 heavy (non-hydrogen) atoms. The third-order valence-electron chi connectivity index (χ3n) is 6.68. The molecule has 3 amide bonds. The van der Waals surface area contributed by atoms with E-state index >= 15 is 0 Å². The molecule has 1 rings (SSSR count). The minimum absolute atomic E-state index is 0.00453. The number of nitrogens with one attached hydrogen (secondary N) is 4. The Morgan fingerprint density at radius 1 is 0.811 bits per heavy atom. The molecule has 1 aliphatic carbocycles. The van der Waals surface area contributed by atoms with Crippen LogP contribution in [0.3, 0.4) is 0 Å². The summed E-state index contributed by atoms with van der Waals surface area (Å²) in [6.07, 6.45) is 5.16. The van der Waals surface area contributed by atoms with E-state index in [4.69, 9.17) is 5.11 Å². The average molecular weight is 529 g/mol. The molecule has 1 fully saturated rings. The van der Waals surface area contributed by atoms with Crippen molar-refractivity contribution >= 4 is 29.7 Å². The summed E-state index contributed by atoms with van der Waals surface area (Å²) in [5, 5.41) is 38.8. The fraction of sp³-hybridized carbons (Fsp3) is 0.800. The Morgan fingerprint density at radius 2 is 1.41 bits per heavy atom. The van der Waals surface area contributed by atoms with E-state index in [-0.39, 0.29) is 18.8 Å². The number of carbonyl (C=O) groups excluding carboxylic acids is 3. The van der Waals surface area contributed by atoms with Gasteiger partial charge in [0.25, 0.3) is 0 Å². The van der Waals surface area contributed by atoms with E-state index in [1.807, 2.05) is 0 Å². The van der Waals surface area contributed by atoms with Gasteiger partial charge in [-0.3, -0.25) is 19.2 Å². The van der Waals surface area contributed by atoms with E-state index in [9.17, 15) is 34.2 Å². The topological polar surface area (TPSA) is 194 Å². The number of aliphatic hydroxyl groups excluding tert-OH is 1. The molecule has 212 valence electrons. The quantitative estimate of drug-likeness (QED) is 0.148. The summed E-state index contributed by atoms with van der Waals surface area (Å²) in [5.41, 5.74) is 0. The summed E-state index contributed by atoms with van der Waals surface area (Å²) >= 11 is 0. The largest absolute Gasteiger partial charge is 0.481 e. The zero-order chi connectivity index (χ0) is 28.1. The molecule has 0 aromatic rings. The first-order valence-electron chi connectivity index (χ1n) is 13.1. The molecule has 0 saturated heterocycles. The Labute approximate surface area is 218 Å². The summed E-state index contributed by atoms with van der Waals surface area (Å²) in [6, 6.07) is -4.57. The number of aliphatic hydroxyl groups is 1. The second kappa shape index (κ2) is 16.2. The zero-order valence-electron chi connectivity index (χ0n) is 22.3. The van der Waals surface area contributed by atoms with Crippen molar-refractivity contribution in [3.8, 4) is 0 Å². The molecule has 0 aromatic carbocycles. The van der Waals surface area contributed by atoms with Gasteiger partial charge in [0, 0.05) is 6.42 Å². The zero-order valence-corrected chi connectivity index (χ0v) is 22.3. The highest BCUT2D eigenvalue weighted by molar-refractivity contribution is 5.94. The van der Waals surface area contributed by atoms with E-state index in [1.165, 1.54) is 33.1 Å². The van der Waals surface area contributed by atoms with E-state index in [1.54, 1.807) is 13.8 Å². The monoisotopic (exact) mass is 528 g/mol. The maximum atomic E-state index is 13.0. The van der Waals surface area contributed by atoms with Crippen molar-refractivity contribution < 1.29 is 39.3 Å². The summed E-state index contributed by atoms with van der Waals surface area (Å²) in [7, 11) is 0. The second-order valence-electron chi connectivity index (χ2n) is 10.3. The molecule has 1 aliphatic rings. The van der Waals surface area contributed by atoms with Crippen LogP contribution in [0.15, 0.2) is 0 Å². The summed E-state index contributed by atoms with van der Waals surface area (Å²) in [6.45, 7) is 6.44. The van der Waals surface area contributed by atoms with E-state index in [0.717, 1.165) is 19.3 Å². The third-order valence-corrected chi connectivity index (χ3v) is 6.68. The van der Waals surface area contributed by atoms with Crippen LogP contribution in [0.2, 0.25) is 0 Å². The number of carbonyl (C=O) groups is 5. The number of carboxylic acids is 2. The Kier molecular flexibility index (Phi) is 14.1. The Bertz CT molecular complexity index is 783. The van der Waals surface area contributed by atoms with Gasteiger partial charge in [0.1, 0.15) is 18.1 Å². The van der Waals surface area contributed by atoms with Gasteiger partial charge in [-0.1, -0.05) is 46.0 Å². The fourth-order valence-corrected chi connectivity index (χ4v) is 4.35. The molecule has 0 heterocycles. The van der Waals surface area contributed by atoms with Gasteiger partial charge in [0.2, 0.25) is 17.7 Å². The molecule has 0 unspecified atom stereocenters. The molecule has 0 radical (unpaired) electrons. The number of hydrogen-bond acceptors (Lipinski definition) is 7. The standard InChI is InChI=1S/C25H44N4O8/c1-14(2)20(25(36)37)28-22(33)15(3)27-24(35)21(16(4)30)29-23(34)18(10-11-19(31)32)26-13-12-17-8-6-5-7-9-17/h14-18,20-21,26,30H,5-13H2,1-4H3,(H,27,35)(H,28,33)(H,29,34)(H,31,32)(H,36,37)/t15-,16+,18-,20-,21-/m0/s1. The van der Waals surface area contributed by atoms with Crippen LogP contribution in [-0.4, -0.2) is 81.8 Å². The van der Waals surface area contributed by atoms with Crippen LogP contribution in [0.5, 0.6) is 0 Å². The molecule has 0 spiro atoms. The van der Waals surface area contributed by atoms with Crippen molar-refractivity contribution in [2.24, 2.45) is 11.8 Å². The SMILES string of the molecule is CC(C)[C@H](NC(=O)[C@H](C)NC(=O)[C@@H](NC(=O)[C@H](CCC(=O)O)NCCC1CCCCC1)[C@@H](C)O)C(=O)O. The summed E-state index contributed by atoms with van der Waals surface area (Å²) < 4.78 is 0. The molecule has 0 aliphatic heterocycles. The lowest BCUT2D eigenvalue weighted by Crippen LogP contribution is -2.59. The Balaban J connectivity index is 2.77. The minimum Gasteiger partial charge on any atom is -0.481 e. The first-order chi connectivity index (χ1) is 17.3. The van der Waals surface area contributed by atoms with Crippen LogP contribution >= 0.6 is 0 Å². The van der Waals surface area contributed by atoms with Crippen molar-refractivity contribution in [2.75, 3.05) is 6.54 Å². The second-order valence-corrected chi connectivity index (χ2v) is 10.3. The number of carboxylic acid groups (broad SMARTS) is 2. The molecular formula is C25H44N4O8. The first kappa shape index (κ1) is 32.3. The molecule has 0 aromatic heterocycles. The highest BCUT2D eigenvalue weighted by atomic mass is 16.4. The molecule has 12 nitrogen and oxygen atoms in total. The Hall–Kier alpha value is -2.73. The predicted molar refractivity (Wildman–Crippen MR) is 135 cm³/mol. The minimum atomic E-state index is -1.41. The van der Waals surface area contributed by atoms with Gasteiger partial charge in [-0.15, -0.1) is 0 Å². The number of hydrogen-bond donors (Lipinski definition) is 7. The lowest BCUT2D eigenvalue weighted by Gasteiger charge is -2.27. The van der Waals surface area contributed by atoms with Crippen molar-refractivity contribution in [1.82, 2.24) is 21.3 Å². The van der Waals surface area contributed by atoms with Gasteiger partial charge in [-0.2, -0.15) is 0 Å². The molecule has 0 bridgehead atoms. The van der Waals surface area contributed by atoms with Gasteiger partial charge >= 0.3 is 11.9 Å². The first-order valence-corrected chi connectivity index (χ1v) is 13.1.